The van der Waals surface area contributed by atoms with Crippen LogP contribution in [0.1, 0.15) is 62.6 Å². The fourth-order valence-electron chi connectivity index (χ4n) is 3.97. The Labute approximate surface area is 127 Å². The van der Waals surface area contributed by atoms with Crippen LogP contribution in [0.2, 0.25) is 0 Å². The number of hydrogen-bond acceptors (Lipinski definition) is 2. The van der Waals surface area contributed by atoms with Crippen LogP contribution in [0.25, 0.3) is 0 Å². The van der Waals surface area contributed by atoms with Crippen molar-refractivity contribution < 1.29 is 4.79 Å². The van der Waals surface area contributed by atoms with E-state index in [1.807, 2.05) is 6.92 Å². The number of hydrogen-bond donors (Lipinski definition) is 2. The summed E-state index contributed by atoms with van der Waals surface area (Å²) in [6.07, 6.45) is 7.44. The van der Waals surface area contributed by atoms with E-state index in [0.717, 1.165) is 44.9 Å². The van der Waals surface area contributed by atoms with Crippen molar-refractivity contribution in [1.29, 1.82) is 0 Å². The highest BCUT2D eigenvalue weighted by molar-refractivity contribution is 5.80. The summed E-state index contributed by atoms with van der Waals surface area (Å²) in [4.78, 5) is 12.7. The molecule has 1 amide bonds. The highest BCUT2D eigenvalue weighted by atomic mass is 16.2. The van der Waals surface area contributed by atoms with E-state index in [1.165, 1.54) is 11.1 Å². The Kier molecular flexibility index (Phi) is 4.03. The van der Waals surface area contributed by atoms with Crippen LogP contribution in [0.5, 0.6) is 0 Å². The molecule has 0 heterocycles. The van der Waals surface area contributed by atoms with Gasteiger partial charge < -0.3 is 11.1 Å². The summed E-state index contributed by atoms with van der Waals surface area (Å²) in [7, 11) is 0. The highest BCUT2D eigenvalue weighted by Gasteiger charge is 2.38. The summed E-state index contributed by atoms with van der Waals surface area (Å²) >= 11 is 0. The summed E-state index contributed by atoms with van der Waals surface area (Å²) < 4.78 is 0. The van der Waals surface area contributed by atoms with E-state index in [1.54, 1.807) is 0 Å². The zero-order valence-electron chi connectivity index (χ0n) is 12.9. The van der Waals surface area contributed by atoms with Crippen LogP contribution in [0, 0.1) is 5.92 Å². The average Bonchev–Trinajstić information content (AvgIpc) is 2.47. The molecule has 2 aliphatic carbocycles. The first-order valence-electron chi connectivity index (χ1n) is 8.25. The molecule has 0 saturated heterocycles. The van der Waals surface area contributed by atoms with Gasteiger partial charge in [0.05, 0.1) is 12.0 Å². The van der Waals surface area contributed by atoms with Crippen LogP contribution in [0.3, 0.4) is 0 Å². The molecule has 1 fully saturated rings. The first-order valence-corrected chi connectivity index (χ1v) is 8.25. The van der Waals surface area contributed by atoms with E-state index < -0.39 is 0 Å². The number of nitrogens with one attached hydrogen (secondary N) is 1. The predicted molar refractivity (Wildman–Crippen MR) is 84.8 cm³/mol. The van der Waals surface area contributed by atoms with Gasteiger partial charge in [-0.15, -0.1) is 0 Å². The largest absolute Gasteiger partial charge is 0.349 e. The van der Waals surface area contributed by atoms with Gasteiger partial charge in [0, 0.05) is 5.54 Å². The summed E-state index contributed by atoms with van der Waals surface area (Å²) in [6.45, 7) is 2.03. The quantitative estimate of drug-likeness (QED) is 0.878. The molecule has 2 aliphatic rings. The Hall–Kier alpha value is -1.35. The van der Waals surface area contributed by atoms with Crippen molar-refractivity contribution in [3.63, 3.8) is 0 Å². The standard InChI is InChI=1S/C18H26N2O/c1-18(19)12-5-4-10-15(18)17(21)20-16-11-6-8-13-7-2-3-9-14(13)16/h2-3,7,9,15-16H,4-6,8,10-12,19H2,1H3,(H,20,21). The number of benzene rings is 1. The number of nitrogens with two attached hydrogens (primary N) is 1. The molecular weight excluding hydrogens is 260 g/mol. The third-order valence-corrected chi connectivity index (χ3v) is 5.26. The van der Waals surface area contributed by atoms with Gasteiger partial charge in [-0.3, -0.25) is 4.79 Å². The lowest BCUT2D eigenvalue weighted by atomic mass is 9.74. The van der Waals surface area contributed by atoms with E-state index >= 15 is 0 Å². The Balaban J connectivity index is 1.74. The molecule has 114 valence electrons. The molecule has 3 atom stereocenters. The molecular formula is C18H26N2O. The van der Waals surface area contributed by atoms with Crippen LogP contribution in [-0.2, 0) is 11.2 Å². The third kappa shape index (κ3) is 2.98. The number of fused-ring (bicyclic) bond motifs is 1. The fraction of sp³-hybridized carbons (Fsp3) is 0.611. The minimum Gasteiger partial charge on any atom is -0.349 e. The molecule has 3 N–H and O–H groups in total. The van der Waals surface area contributed by atoms with E-state index in [2.05, 4.69) is 29.6 Å². The Morgan fingerprint density at radius 2 is 2.05 bits per heavy atom. The maximum Gasteiger partial charge on any atom is 0.225 e. The molecule has 3 unspecified atom stereocenters. The van der Waals surface area contributed by atoms with Crippen molar-refractivity contribution in [3.05, 3.63) is 35.4 Å². The number of amides is 1. The number of carbonyl (C=O) groups is 1. The van der Waals surface area contributed by atoms with Gasteiger partial charge in [-0.2, -0.15) is 0 Å². The molecule has 1 aromatic carbocycles. The smallest absolute Gasteiger partial charge is 0.225 e. The van der Waals surface area contributed by atoms with Gasteiger partial charge in [-0.05, 0) is 50.2 Å². The Morgan fingerprint density at radius 3 is 2.86 bits per heavy atom. The third-order valence-electron chi connectivity index (χ3n) is 5.26. The second-order valence-electron chi connectivity index (χ2n) is 6.96. The van der Waals surface area contributed by atoms with Crippen LogP contribution in [-0.4, -0.2) is 11.4 Å². The van der Waals surface area contributed by atoms with Gasteiger partial charge in [0.25, 0.3) is 0 Å². The van der Waals surface area contributed by atoms with Gasteiger partial charge in [-0.25, -0.2) is 0 Å². The van der Waals surface area contributed by atoms with E-state index in [4.69, 9.17) is 5.73 Å². The summed E-state index contributed by atoms with van der Waals surface area (Å²) in [5, 5.41) is 3.28. The van der Waals surface area contributed by atoms with Crippen molar-refractivity contribution in [2.24, 2.45) is 11.7 Å². The second-order valence-corrected chi connectivity index (χ2v) is 6.96. The van der Waals surface area contributed by atoms with Crippen molar-refractivity contribution in [3.8, 4) is 0 Å². The molecule has 3 rings (SSSR count). The van der Waals surface area contributed by atoms with E-state index in [0.29, 0.717) is 0 Å². The second kappa shape index (κ2) is 5.80. The summed E-state index contributed by atoms with van der Waals surface area (Å²) in [5.74, 6) is 0.113. The number of aryl methyl sites for hydroxylation is 1. The monoisotopic (exact) mass is 286 g/mol. The molecule has 0 aliphatic heterocycles. The lowest BCUT2D eigenvalue weighted by Crippen LogP contribution is -2.53. The molecule has 3 nitrogen and oxygen atoms in total. The maximum atomic E-state index is 12.7. The number of rotatable bonds is 2. The molecule has 0 aromatic heterocycles. The topological polar surface area (TPSA) is 55.1 Å². The zero-order valence-corrected chi connectivity index (χ0v) is 12.9. The average molecular weight is 286 g/mol. The molecule has 0 spiro atoms. The van der Waals surface area contributed by atoms with Gasteiger partial charge in [-0.1, -0.05) is 37.1 Å². The van der Waals surface area contributed by atoms with Crippen molar-refractivity contribution in [2.75, 3.05) is 0 Å². The Morgan fingerprint density at radius 1 is 1.24 bits per heavy atom. The van der Waals surface area contributed by atoms with Crippen LogP contribution in [0.15, 0.2) is 24.3 Å². The van der Waals surface area contributed by atoms with Crippen LogP contribution < -0.4 is 11.1 Å². The molecule has 21 heavy (non-hydrogen) atoms. The molecule has 1 aromatic rings. The van der Waals surface area contributed by atoms with Crippen LogP contribution >= 0.6 is 0 Å². The van der Waals surface area contributed by atoms with E-state index in [9.17, 15) is 4.79 Å². The normalized spacial score (nSPS) is 32.3. The predicted octanol–water partition coefficient (Wildman–Crippen LogP) is 3.09. The Bertz CT molecular complexity index is 524. The SMILES string of the molecule is CC1(N)CCCCC1C(=O)NC1CCCc2ccccc21. The first kappa shape index (κ1) is 14.6. The van der Waals surface area contributed by atoms with Gasteiger partial charge in [0.2, 0.25) is 5.91 Å². The number of carbonyl (C=O) groups excluding carboxylic acids is 1. The molecule has 0 radical (unpaired) electrons. The zero-order chi connectivity index (χ0) is 14.9. The van der Waals surface area contributed by atoms with Crippen molar-refractivity contribution >= 4 is 5.91 Å². The lowest BCUT2D eigenvalue weighted by Gasteiger charge is -2.38. The highest BCUT2D eigenvalue weighted by Crippen LogP contribution is 2.34. The van der Waals surface area contributed by atoms with Crippen molar-refractivity contribution in [2.45, 2.75) is 63.5 Å². The maximum absolute atomic E-state index is 12.7. The fourth-order valence-corrected chi connectivity index (χ4v) is 3.97. The first-order chi connectivity index (χ1) is 10.1. The summed E-state index contributed by atoms with van der Waals surface area (Å²) in [5.41, 5.74) is 8.69. The minimum absolute atomic E-state index is 0.0414. The molecule has 0 bridgehead atoms. The molecule has 3 heteroatoms. The van der Waals surface area contributed by atoms with Crippen molar-refractivity contribution in [1.82, 2.24) is 5.32 Å². The summed E-state index contributed by atoms with van der Waals surface area (Å²) in [6, 6.07) is 8.65. The van der Waals surface area contributed by atoms with Gasteiger partial charge in [0.1, 0.15) is 0 Å². The lowest BCUT2D eigenvalue weighted by molar-refractivity contribution is -0.129. The van der Waals surface area contributed by atoms with E-state index in [-0.39, 0.29) is 23.4 Å². The molecule has 1 saturated carbocycles. The minimum atomic E-state index is -0.351. The van der Waals surface area contributed by atoms with Gasteiger partial charge in [0.15, 0.2) is 0 Å². The van der Waals surface area contributed by atoms with Gasteiger partial charge >= 0.3 is 0 Å². The van der Waals surface area contributed by atoms with Crippen LogP contribution in [0.4, 0.5) is 0 Å².